The zero-order valence-electron chi connectivity index (χ0n) is 15.5. The van der Waals surface area contributed by atoms with Crippen LogP contribution in [0.2, 0.25) is 0 Å². The quantitative estimate of drug-likeness (QED) is 0.641. The van der Waals surface area contributed by atoms with E-state index in [0.717, 1.165) is 5.56 Å². The molecule has 1 N–H and O–H groups in total. The number of carbonyl (C=O) groups is 1. The predicted octanol–water partition coefficient (Wildman–Crippen LogP) is 3.77. The van der Waals surface area contributed by atoms with Gasteiger partial charge in [0.25, 0.3) is 0 Å². The van der Waals surface area contributed by atoms with Crippen molar-refractivity contribution in [2.24, 2.45) is 0 Å². The van der Waals surface area contributed by atoms with E-state index in [9.17, 15) is 13.6 Å². The van der Waals surface area contributed by atoms with Crippen LogP contribution in [-0.2, 0) is 20.7 Å². The molecule has 146 valence electrons. The Morgan fingerprint density at radius 3 is 2.22 bits per heavy atom. The van der Waals surface area contributed by atoms with Gasteiger partial charge in [0.1, 0.15) is 0 Å². The number of hydrogen-bond donors (Lipinski definition) is 1. The zero-order valence-corrected chi connectivity index (χ0v) is 15.5. The molecule has 4 nitrogen and oxygen atoms in total. The van der Waals surface area contributed by atoms with Crippen molar-refractivity contribution in [1.29, 1.82) is 0 Å². The molecule has 2 atom stereocenters. The molecular formula is C21H25F2NO3. The lowest BCUT2D eigenvalue weighted by Gasteiger charge is -2.30. The molecule has 0 aliphatic rings. The smallest absolute Gasteiger partial charge is 0.378 e. The predicted molar refractivity (Wildman–Crippen MR) is 99.7 cm³/mol. The van der Waals surface area contributed by atoms with Gasteiger partial charge in [0, 0.05) is 7.11 Å². The highest BCUT2D eigenvalue weighted by molar-refractivity contribution is 5.78. The van der Waals surface area contributed by atoms with E-state index in [2.05, 4.69) is 10.1 Å². The minimum absolute atomic E-state index is 0.0281. The van der Waals surface area contributed by atoms with E-state index >= 15 is 0 Å². The van der Waals surface area contributed by atoms with Crippen molar-refractivity contribution in [3.63, 3.8) is 0 Å². The Balaban J connectivity index is 2.30. The van der Waals surface area contributed by atoms with Crippen LogP contribution in [0.15, 0.2) is 60.7 Å². The monoisotopic (exact) mass is 377 g/mol. The van der Waals surface area contributed by atoms with Crippen LogP contribution in [0.1, 0.15) is 24.1 Å². The van der Waals surface area contributed by atoms with Gasteiger partial charge in [-0.2, -0.15) is 8.78 Å². The van der Waals surface area contributed by atoms with Crippen molar-refractivity contribution in [3.05, 3.63) is 71.8 Å². The maximum Gasteiger partial charge on any atom is 0.378 e. The largest absolute Gasteiger partial charge is 0.462 e. The number of nitrogens with one attached hydrogen (secondary N) is 1. The van der Waals surface area contributed by atoms with Gasteiger partial charge in [-0.25, -0.2) is 4.79 Å². The summed E-state index contributed by atoms with van der Waals surface area (Å²) in [4.78, 5) is 11.9. The van der Waals surface area contributed by atoms with Crippen molar-refractivity contribution < 1.29 is 23.0 Å². The molecule has 0 amide bonds. The lowest BCUT2D eigenvalue weighted by molar-refractivity contribution is -0.176. The highest BCUT2D eigenvalue weighted by Crippen LogP contribution is 2.27. The molecule has 27 heavy (non-hydrogen) atoms. The van der Waals surface area contributed by atoms with Crippen LogP contribution >= 0.6 is 0 Å². The Morgan fingerprint density at radius 1 is 1.07 bits per heavy atom. The van der Waals surface area contributed by atoms with Gasteiger partial charge in [-0.3, -0.25) is 5.32 Å². The van der Waals surface area contributed by atoms with Gasteiger partial charge >= 0.3 is 11.9 Å². The van der Waals surface area contributed by atoms with Crippen molar-refractivity contribution in [2.75, 3.05) is 20.3 Å². The maximum atomic E-state index is 14.9. The van der Waals surface area contributed by atoms with Crippen LogP contribution in [-0.4, -0.2) is 38.3 Å². The van der Waals surface area contributed by atoms with Crippen LogP contribution in [0.5, 0.6) is 0 Å². The van der Waals surface area contributed by atoms with E-state index in [4.69, 9.17) is 4.74 Å². The molecule has 2 aromatic carbocycles. The number of hydrogen-bond acceptors (Lipinski definition) is 4. The molecule has 6 heteroatoms. The third-order valence-electron chi connectivity index (χ3n) is 4.21. The fourth-order valence-corrected chi connectivity index (χ4v) is 2.85. The minimum atomic E-state index is -3.69. The second-order valence-electron chi connectivity index (χ2n) is 6.17. The molecule has 0 spiro atoms. The van der Waals surface area contributed by atoms with Crippen molar-refractivity contribution >= 4 is 5.97 Å². The Hall–Kier alpha value is -2.31. The van der Waals surface area contributed by atoms with Crippen molar-refractivity contribution in [3.8, 4) is 0 Å². The second-order valence-corrected chi connectivity index (χ2v) is 6.17. The molecule has 0 aromatic heterocycles. The summed E-state index contributed by atoms with van der Waals surface area (Å²) in [5.41, 5.74) is 1.50. The third kappa shape index (κ3) is 5.84. The summed E-state index contributed by atoms with van der Waals surface area (Å²) in [6.07, 6.45) is -0.0281. The minimum Gasteiger partial charge on any atom is -0.462 e. The molecule has 2 rings (SSSR count). The lowest BCUT2D eigenvalue weighted by atomic mass is 9.97. The number of halogens is 2. The van der Waals surface area contributed by atoms with Crippen molar-refractivity contribution in [2.45, 2.75) is 31.4 Å². The molecule has 0 saturated carbocycles. The number of esters is 1. The number of rotatable bonds is 10. The van der Waals surface area contributed by atoms with Gasteiger partial charge in [0.15, 0.2) is 0 Å². The maximum absolute atomic E-state index is 14.9. The van der Waals surface area contributed by atoms with Crippen LogP contribution in [0, 0.1) is 0 Å². The second kappa shape index (κ2) is 10.1. The number of alkyl halides is 2. The van der Waals surface area contributed by atoms with Crippen LogP contribution in [0.25, 0.3) is 0 Å². The summed E-state index contributed by atoms with van der Waals surface area (Å²) in [6, 6.07) is 16.1. The van der Waals surface area contributed by atoms with Crippen molar-refractivity contribution in [1.82, 2.24) is 5.32 Å². The summed E-state index contributed by atoms with van der Waals surface area (Å²) in [5, 5.41) is 2.92. The number of carbonyl (C=O) groups excluding carboxylic acids is 1. The zero-order chi connectivity index (χ0) is 19.7. The molecule has 0 radical (unpaired) electrons. The first-order valence-corrected chi connectivity index (χ1v) is 8.88. The molecule has 0 fully saturated rings. The molecule has 0 aliphatic heterocycles. The Kier molecular flexibility index (Phi) is 7.88. The van der Waals surface area contributed by atoms with Crippen LogP contribution < -0.4 is 5.32 Å². The van der Waals surface area contributed by atoms with E-state index in [-0.39, 0.29) is 19.6 Å². The molecule has 0 heterocycles. The van der Waals surface area contributed by atoms with E-state index < -0.39 is 24.0 Å². The topological polar surface area (TPSA) is 47.6 Å². The summed E-state index contributed by atoms with van der Waals surface area (Å²) in [5.74, 6) is -5.21. The Morgan fingerprint density at radius 2 is 1.67 bits per heavy atom. The lowest BCUT2D eigenvalue weighted by Crippen LogP contribution is -2.53. The summed E-state index contributed by atoms with van der Waals surface area (Å²) in [6.45, 7) is 1.59. The first-order chi connectivity index (χ1) is 13.0. The van der Waals surface area contributed by atoms with Gasteiger partial charge in [0.2, 0.25) is 0 Å². The third-order valence-corrected chi connectivity index (χ3v) is 4.21. The van der Waals surface area contributed by atoms with E-state index in [0.29, 0.717) is 5.56 Å². The SMILES string of the molecule is CCOC(=O)C(F)(F)[C@H](Cc1ccccc1)N[C@H](COC)c1ccccc1. The van der Waals surface area contributed by atoms with Gasteiger partial charge in [-0.1, -0.05) is 60.7 Å². The normalized spacial score (nSPS) is 13.8. The number of methoxy groups -OCH3 is 1. The summed E-state index contributed by atoms with van der Waals surface area (Å²) >= 11 is 0. The molecule has 0 saturated heterocycles. The Bertz CT molecular complexity index is 695. The molecule has 2 aromatic rings. The summed E-state index contributed by atoms with van der Waals surface area (Å²) in [7, 11) is 1.51. The molecular weight excluding hydrogens is 352 g/mol. The molecule has 0 aliphatic carbocycles. The van der Waals surface area contributed by atoms with Gasteiger partial charge in [0.05, 0.1) is 25.3 Å². The average molecular weight is 377 g/mol. The molecule has 0 bridgehead atoms. The van der Waals surface area contributed by atoms with Crippen LogP contribution in [0.3, 0.4) is 0 Å². The fraction of sp³-hybridized carbons (Fsp3) is 0.381. The van der Waals surface area contributed by atoms with Gasteiger partial charge < -0.3 is 9.47 Å². The first-order valence-electron chi connectivity index (χ1n) is 8.88. The fourth-order valence-electron chi connectivity index (χ4n) is 2.85. The standard InChI is InChI=1S/C21H25F2NO3/c1-3-27-20(25)21(22,23)19(14-16-10-6-4-7-11-16)24-18(15-26-2)17-12-8-5-9-13-17/h4-13,18-19,24H,3,14-15H2,1-2H3/t18-,19+/m1/s1. The average Bonchev–Trinajstić information content (AvgIpc) is 2.68. The van der Waals surface area contributed by atoms with E-state index in [1.54, 1.807) is 24.3 Å². The highest BCUT2D eigenvalue weighted by atomic mass is 19.3. The number of benzene rings is 2. The molecule has 0 unspecified atom stereocenters. The summed E-state index contributed by atoms with van der Waals surface area (Å²) < 4.78 is 39.6. The van der Waals surface area contributed by atoms with Crippen LogP contribution in [0.4, 0.5) is 8.78 Å². The number of ether oxygens (including phenoxy) is 2. The highest BCUT2D eigenvalue weighted by Gasteiger charge is 2.49. The first kappa shape index (κ1) is 21.0. The van der Waals surface area contributed by atoms with E-state index in [1.165, 1.54) is 14.0 Å². The van der Waals surface area contributed by atoms with E-state index in [1.807, 2.05) is 36.4 Å². The van der Waals surface area contributed by atoms with Gasteiger partial charge in [-0.15, -0.1) is 0 Å². The van der Waals surface area contributed by atoms with Gasteiger partial charge in [-0.05, 0) is 24.5 Å². The Labute approximate surface area is 158 Å².